The van der Waals surface area contributed by atoms with Gasteiger partial charge in [0.1, 0.15) is 5.69 Å². The summed E-state index contributed by atoms with van der Waals surface area (Å²) in [6, 6.07) is 2.99. The molecular formula is C13H19N3O4. The van der Waals surface area contributed by atoms with Crippen LogP contribution in [0.4, 0.5) is 11.4 Å². The van der Waals surface area contributed by atoms with Gasteiger partial charge in [0.05, 0.1) is 11.0 Å². The highest BCUT2D eigenvalue weighted by Crippen LogP contribution is 2.40. The molecule has 0 radical (unpaired) electrons. The van der Waals surface area contributed by atoms with E-state index < -0.39 is 4.92 Å². The summed E-state index contributed by atoms with van der Waals surface area (Å²) in [4.78, 5) is 10.7. The average Bonchev–Trinajstić information content (AvgIpc) is 2.84. The summed E-state index contributed by atoms with van der Waals surface area (Å²) >= 11 is 0. The van der Waals surface area contributed by atoms with E-state index >= 15 is 0 Å². The van der Waals surface area contributed by atoms with Gasteiger partial charge in [-0.2, -0.15) is 0 Å². The Balaban J connectivity index is 2.20. The Morgan fingerprint density at radius 1 is 1.40 bits per heavy atom. The van der Waals surface area contributed by atoms with Crippen molar-refractivity contribution in [1.82, 2.24) is 0 Å². The van der Waals surface area contributed by atoms with Crippen LogP contribution in [0.25, 0.3) is 0 Å². The van der Waals surface area contributed by atoms with Gasteiger partial charge in [0.2, 0.25) is 6.79 Å². The van der Waals surface area contributed by atoms with Crippen molar-refractivity contribution in [2.45, 2.75) is 13.8 Å². The standard InChI is InChI=1S/C13H19N3O4/c1-8(2)9(5-14)6-15-10-3-12-13(20-7-19-12)4-11(10)16(17)18/h3-4,8-9,15H,5-7,14H2,1-2H3. The van der Waals surface area contributed by atoms with Crippen LogP contribution >= 0.6 is 0 Å². The lowest BCUT2D eigenvalue weighted by Gasteiger charge is -2.20. The molecule has 0 fully saturated rings. The minimum atomic E-state index is -0.433. The SMILES string of the molecule is CC(C)C(CN)CNc1cc2c(cc1[N+](=O)[O-])OCO2. The highest BCUT2D eigenvalue weighted by molar-refractivity contribution is 5.68. The van der Waals surface area contributed by atoms with Crippen LogP contribution in [0.2, 0.25) is 0 Å². The molecule has 7 nitrogen and oxygen atoms in total. The molecule has 2 rings (SSSR count). The Kier molecular flexibility index (Phi) is 4.29. The van der Waals surface area contributed by atoms with Gasteiger partial charge in [-0.25, -0.2) is 0 Å². The largest absolute Gasteiger partial charge is 0.454 e. The molecule has 1 aromatic carbocycles. The third-order valence-electron chi connectivity index (χ3n) is 3.49. The molecule has 0 aromatic heterocycles. The van der Waals surface area contributed by atoms with Gasteiger partial charge in [-0.05, 0) is 18.4 Å². The molecule has 20 heavy (non-hydrogen) atoms. The minimum absolute atomic E-state index is 0.0197. The summed E-state index contributed by atoms with van der Waals surface area (Å²) in [5.41, 5.74) is 6.12. The van der Waals surface area contributed by atoms with Crippen molar-refractivity contribution in [2.75, 3.05) is 25.2 Å². The van der Waals surface area contributed by atoms with E-state index in [2.05, 4.69) is 19.2 Å². The van der Waals surface area contributed by atoms with Crippen molar-refractivity contribution in [3.8, 4) is 11.5 Å². The number of nitrogens with two attached hydrogens (primary N) is 1. The Labute approximate surface area is 117 Å². The first-order valence-corrected chi connectivity index (χ1v) is 6.55. The van der Waals surface area contributed by atoms with Crippen molar-refractivity contribution < 1.29 is 14.4 Å². The van der Waals surface area contributed by atoms with Crippen LogP contribution < -0.4 is 20.5 Å². The first kappa shape index (κ1) is 14.4. The second-order valence-corrected chi connectivity index (χ2v) is 5.10. The molecule has 0 spiro atoms. The number of hydrogen-bond donors (Lipinski definition) is 2. The zero-order chi connectivity index (χ0) is 14.7. The fourth-order valence-electron chi connectivity index (χ4n) is 2.06. The fraction of sp³-hybridized carbons (Fsp3) is 0.538. The summed E-state index contributed by atoms with van der Waals surface area (Å²) in [5.74, 6) is 1.58. The lowest BCUT2D eigenvalue weighted by atomic mass is 9.96. The predicted octanol–water partition coefficient (Wildman–Crippen LogP) is 1.97. The zero-order valence-corrected chi connectivity index (χ0v) is 11.6. The lowest BCUT2D eigenvalue weighted by Crippen LogP contribution is -2.27. The third kappa shape index (κ3) is 2.93. The summed E-state index contributed by atoms with van der Waals surface area (Å²) < 4.78 is 10.4. The molecule has 0 amide bonds. The molecule has 0 saturated heterocycles. The van der Waals surface area contributed by atoms with E-state index in [0.29, 0.717) is 36.2 Å². The van der Waals surface area contributed by atoms with Crippen LogP contribution in [0.15, 0.2) is 12.1 Å². The topological polar surface area (TPSA) is 99.7 Å². The van der Waals surface area contributed by atoms with Crippen molar-refractivity contribution in [3.05, 3.63) is 22.2 Å². The van der Waals surface area contributed by atoms with Gasteiger partial charge in [0.25, 0.3) is 5.69 Å². The number of anilines is 1. The predicted molar refractivity (Wildman–Crippen MR) is 75.1 cm³/mol. The Morgan fingerprint density at radius 2 is 2.05 bits per heavy atom. The summed E-state index contributed by atoms with van der Waals surface area (Å²) in [6.07, 6.45) is 0. The Hall–Kier alpha value is -2.02. The second-order valence-electron chi connectivity index (χ2n) is 5.10. The van der Waals surface area contributed by atoms with E-state index in [1.807, 2.05) is 0 Å². The number of benzene rings is 1. The van der Waals surface area contributed by atoms with Crippen molar-refractivity contribution in [2.24, 2.45) is 17.6 Å². The zero-order valence-electron chi connectivity index (χ0n) is 11.6. The molecule has 110 valence electrons. The first-order chi connectivity index (χ1) is 9.52. The molecule has 1 heterocycles. The summed E-state index contributed by atoms with van der Waals surface area (Å²) in [7, 11) is 0. The van der Waals surface area contributed by atoms with Gasteiger partial charge in [-0.3, -0.25) is 10.1 Å². The molecule has 7 heteroatoms. The quantitative estimate of drug-likeness (QED) is 0.611. The van der Waals surface area contributed by atoms with Crippen LogP contribution in [0, 0.1) is 22.0 Å². The summed E-state index contributed by atoms with van der Waals surface area (Å²) in [6.45, 7) is 5.35. The molecule has 0 saturated carbocycles. The highest BCUT2D eigenvalue weighted by atomic mass is 16.7. The molecule has 0 aliphatic carbocycles. The molecule has 1 unspecified atom stereocenters. The first-order valence-electron chi connectivity index (χ1n) is 6.55. The van der Waals surface area contributed by atoms with E-state index in [0.717, 1.165) is 0 Å². The molecule has 1 aliphatic rings. The van der Waals surface area contributed by atoms with E-state index in [1.165, 1.54) is 6.07 Å². The van der Waals surface area contributed by atoms with Gasteiger partial charge in [-0.15, -0.1) is 0 Å². The maximum atomic E-state index is 11.1. The maximum Gasteiger partial charge on any atom is 0.296 e. The van der Waals surface area contributed by atoms with Crippen LogP contribution in [-0.2, 0) is 0 Å². The van der Waals surface area contributed by atoms with Gasteiger partial charge in [0, 0.05) is 12.6 Å². The average molecular weight is 281 g/mol. The van der Waals surface area contributed by atoms with Crippen LogP contribution in [-0.4, -0.2) is 24.8 Å². The van der Waals surface area contributed by atoms with Crippen LogP contribution in [0.5, 0.6) is 11.5 Å². The third-order valence-corrected chi connectivity index (χ3v) is 3.49. The summed E-state index contributed by atoms with van der Waals surface area (Å²) in [5, 5.41) is 14.2. The van der Waals surface area contributed by atoms with Gasteiger partial charge in [0.15, 0.2) is 11.5 Å². The minimum Gasteiger partial charge on any atom is -0.454 e. The number of nitro benzene ring substituents is 1. The fourth-order valence-corrected chi connectivity index (χ4v) is 2.06. The number of fused-ring (bicyclic) bond motifs is 1. The molecule has 3 N–H and O–H groups in total. The maximum absolute atomic E-state index is 11.1. The number of nitro groups is 1. The molecule has 0 bridgehead atoms. The van der Waals surface area contributed by atoms with E-state index in [-0.39, 0.29) is 18.4 Å². The smallest absolute Gasteiger partial charge is 0.296 e. The number of nitrogens with one attached hydrogen (secondary N) is 1. The van der Waals surface area contributed by atoms with Crippen molar-refractivity contribution >= 4 is 11.4 Å². The molecular weight excluding hydrogens is 262 g/mol. The number of ether oxygens (including phenoxy) is 2. The Morgan fingerprint density at radius 3 is 2.60 bits per heavy atom. The van der Waals surface area contributed by atoms with E-state index in [4.69, 9.17) is 15.2 Å². The lowest BCUT2D eigenvalue weighted by molar-refractivity contribution is -0.384. The van der Waals surface area contributed by atoms with E-state index in [9.17, 15) is 10.1 Å². The molecule has 1 aromatic rings. The van der Waals surface area contributed by atoms with Crippen molar-refractivity contribution in [1.29, 1.82) is 0 Å². The Bertz CT molecular complexity index is 505. The van der Waals surface area contributed by atoms with Gasteiger partial charge >= 0.3 is 0 Å². The van der Waals surface area contributed by atoms with E-state index in [1.54, 1.807) is 6.07 Å². The second kappa shape index (κ2) is 5.96. The number of nitrogens with zero attached hydrogens (tertiary/aromatic N) is 1. The molecule has 1 aliphatic heterocycles. The van der Waals surface area contributed by atoms with Crippen LogP contribution in [0.1, 0.15) is 13.8 Å². The number of hydrogen-bond acceptors (Lipinski definition) is 6. The van der Waals surface area contributed by atoms with Gasteiger partial charge < -0.3 is 20.5 Å². The van der Waals surface area contributed by atoms with Crippen molar-refractivity contribution in [3.63, 3.8) is 0 Å². The molecule has 1 atom stereocenters. The van der Waals surface area contributed by atoms with Crippen LogP contribution in [0.3, 0.4) is 0 Å². The normalized spacial score (nSPS) is 14.4. The van der Waals surface area contributed by atoms with Gasteiger partial charge in [-0.1, -0.05) is 13.8 Å². The monoisotopic (exact) mass is 281 g/mol. The highest BCUT2D eigenvalue weighted by Gasteiger charge is 2.24. The number of rotatable bonds is 6.